The van der Waals surface area contributed by atoms with E-state index < -0.39 is 0 Å². The molecule has 4 aromatic rings. The molecule has 1 heterocycles. The highest BCUT2D eigenvalue weighted by molar-refractivity contribution is 5.99. The molecule has 148 valence electrons. The highest BCUT2D eigenvalue weighted by atomic mass is 16.5. The van der Waals surface area contributed by atoms with Crippen LogP contribution >= 0.6 is 0 Å². The Labute approximate surface area is 176 Å². The topological polar surface area (TPSA) is 29.5 Å². The summed E-state index contributed by atoms with van der Waals surface area (Å²) in [6.07, 6.45) is 0. The van der Waals surface area contributed by atoms with Crippen LogP contribution in [0.15, 0.2) is 84.9 Å². The molecule has 5 rings (SSSR count). The molecular weight excluding hydrogens is 370 g/mol. The Morgan fingerprint density at radius 1 is 0.767 bits per heavy atom. The van der Waals surface area contributed by atoms with Gasteiger partial charge in [0, 0.05) is 11.1 Å². The number of carbonyl (C=O) groups is 1. The van der Waals surface area contributed by atoms with Gasteiger partial charge < -0.3 is 9.64 Å². The van der Waals surface area contributed by atoms with Crippen LogP contribution in [-0.2, 0) is 10.2 Å². The van der Waals surface area contributed by atoms with E-state index in [1.807, 2.05) is 24.3 Å². The van der Waals surface area contributed by atoms with Crippen LogP contribution in [0, 0.1) is 0 Å². The summed E-state index contributed by atoms with van der Waals surface area (Å²) >= 11 is 0. The Kier molecular flexibility index (Phi) is 4.14. The van der Waals surface area contributed by atoms with Gasteiger partial charge in [0.05, 0.1) is 24.0 Å². The molecule has 3 heteroatoms. The summed E-state index contributed by atoms with van der Waals surface area (Å²) in [6, 6.07) is 29.3. The third-order valence-electron chi connectivity index (χ3n) is 6.12. The summed E-state index contributed by atoms with van der Waals surface area (Å²) < 4.78 is 4.91. The molecule has 0 N–H and O–H groups in total. The number of esters is 1. The minimum atomic E-state index is -0.315. The number of carbonyl (C=O) groups excluding carboxylic acids is 1. The van der Waals surface area contributed by atoms with Gasteiger partial charge in [-0.15, -0.1) is 0 Å². The number of ether oxygens (including phenoxy) is 1. The third-order valence-corrected chi connectivity index (χ3v) is 6.12. The second-order valence-electron chi connectivity index (χ2n) is 8.24. The maximum atomic E-state index is 12.0. The molecule has 0 aromatic heterocycles. The maximum Gasteiger partial charge on any atom is 0.337 e. The average molecular weight is 393 g/mol. The molecule has 0 spiro atoms. The molecule has 0 saturated carbocycles. The molecule has 0 amide bonds. The molecule has 4 aromatic carbocycles. The number of nitrogens with zero attached hydrogens (tertiary/aromatic N) is 1. The Balaban J connectivity index is 1.81. The first-order chi connectivity index (χ1) is 14.5. The SMILES string of the molecule is COC(=O)c1ccc2cc3c(cc2c1)C(C)(C)c1ccccc1N3c1ccccc1. The van der Waals surface area contributed by atoms with Crippen molar-refractivity contribution in [3.05, 3.63) is 102 Å². The Hall–Kier alpha value is -3.59. The van der Waals surface area contributed by atoms with Crippen LogP contribution in [-0.4, -0.2) is 13.1 Å². The van der Waals surface area contributed by atoms with Gasteiger partial charge in [-0.2, -0.15) is 0 Å². The van der Waals surface area contributed by atoms with Crippen LogP contribution in [0.1, 0.15) is 35.3 Å². The first-order valence-electron chi connectivity index (χ1n) is 10.1. The van der Waals surface area contributed by atoms with Gasteiger partial charge in [0.1, 0.15) is 0 Å². The van der Waals surface area contributed by atoms with Gasteiger partial charge in [-0.25, -0.2) is 4.79 Å². The number of anilines is 3. The molecule has 0 unspecified atom stereocenters. The maximum absolute atomic E-state index is 12.0. The molecule has 0 fully saturated rings. The molecular formula is C27H23NO2. The van der Waals surface area contributed by atoms with Crippen LogP contribution in [0.2, 0.25) is 0 Å². The lowest BCUT2D eigenvalue weighted by Gasteiger charge is -2.42. The quantitative estimate of drug-likeness (QED) is 0.353. The summed E-state index contributed by atoms with van der Waals surface area (Å²) in [5.74, 6) is -0.315. The highest BCUT2D eigenvalue weighted by Crippen LogP contribution is 2.52. The van der Waals surface area contributed by atoms with E-state index in [2.05, 4.69) is 79.4 Å². The number of benzene rings is 4. The summed E-state index contributed by atoms with van der Waals surface area (Å²) in [5, 5.41) is 2.13. The van der Waals surface area contributed by atoms with E-state index in [1.54, 1.807) is 0 Å². The zero-order valence-corrected chi connectivity index (χ0v) is 17.3. The Morgan fingerprint density at radius 3 is 2.27 bits per heavy atom. The van der Waals surface area contributed by atoms with Gasteiger partial charge >= 0.3 is 5.97 Å². The average Bonchev–Trinajstić information content (AvgIpc) is 2.78. The van der Waals surface area contributed by atoms with Gasteiger partial charge in [0.15, 0.2) is 0 Å². The summed E-state index contributed by atoms with van der Waals surface area (Å²) in [6.45, 7) is 4.53. The van der Waals surface area contributed by atoms with Crippen molar-refractivity contribution >= 4 is 33.8 Å². The Bertz CT molecular complexity index is 1270. The molecule has 0 bridgehead atoms. The molecule has 0 saturated heterocycles. The van der Waals surface area contributed by atoms with Crippen LogP contribution < -0.4 is 4.90 Å². The third kappa shape index (κ3) is 2.70. The second kappa shape index (κ2) is 6.74. The number of para-hydroxylation sites is 2. The van der Waals surface area contributed by atoms with E-state index in [4.69, 9.17) is 4.74 Å². The van der Waals surface area contributed by atoms with Crippen molar-refractivity contribution in [1.82, 2.24) is 0 Å². The van der Waals surface area contributed by atoms with Gasteiger partial charge in [0.25, 0.3) is 0 Å². The van der Waals surface area contributed by atoms with E-state index in [0.29, 0.717) is 5.56 Å². The number of hydrogen-bond donors (Lipinski definition) is 0. The van der Waals surface area contributed by atoms with Crippen molar-refractivity contribution in [1.29, 1.82) is 0 Å². The summed E-state index contributed by atoms with van der Waals surface area (Å²) in [4.78, 5) is 14.4. The van der Waals surface area contributed by atoms with E-state index >= 15 is 0 Å². The van der Waals surface area contributed by atoms with E-state index in [-0.39, 0.29) is 11.4 Å². The fourth-order valence-electron chi connectivity index (χ4n) is 4.54. The largest absolute Gasteiger partial charge is 0.465 e. The van der Waals surface area contributed by atoms with Crippen molar-refractivity contribution in [2.75, 3.05) is 12.0 Å². The summed E-state index contributed by atoms with van der Waals surface area (Å²) in [7, 11) is 1.41. The first kappa shape index (κ1) is 18.4. The molecule has 1 aliphatic rings. The van der Waals surface area contributed by atoms with Crippen LogP contribution in [0.25, 0.3) is 10.8 Å². The van der Waals surface area contributed by atoms with Gasteiger partial charge in [-0.1, -0.05) is 56.3 Å². The second-order valence-corrected chi connectivity index (χ2v) is 8.24. The van der Waals surface area contributed by atoms with Gasteiger partial charge in [0.2, 0.25) is 0 Å². The van der Waals surface area contributed by atoms with Gasteiger partial charge in [-0.3, -0.25) is 0 Å². The number of methoxy groups -OCH3 is 1. The van der Waals surface area contributed by atoms with Crippen LogP contribution in [0.3, 0.4) is 0 Å². The molecule has 30 heavy (non-hydrogen) atoms. The molecule has 3 nitrogen and oxygen atoms in total. The molecule has 0 aliphatic carbocycles. The van der Waals surface area contributed by atoms with Crippen molar-refractivity contribution in [2.24, 2.45) is 0 Å². The van der Waals surface area contributed by atoms with Crippen LogP contribution in [0.5, 0.6) is 0 Å². The van der Waals surface area contributed by atoms with Gasteiger partial charge in [-0.05, 0) is 64.4 Å². The number of fused-ring (bicyclic) bond motifs is 3. The minimum absolute atomic E-state index is 0.174. The van der Waals surface area contributed by atoms with Crippen molar-refractivity contribution < 1.29 is 9.53 Å². The lowest BCUT2D eigenvalue weighted by molar-refractivity contribution is 0.0601. The van der Waals surface area contributed by atoms with E-state index in [1.165, 1.54) is 29.6 Å². The van der Waals surface area contributed by atoms with E-state index in [9.17, 15) is 4.79 Å². The Morgan fingerprint density at radius 2 is 1.50 bits per heavy atom. The first-order valence-corrected chi connectivity index (χ1v) is 10.1. The summed E-state index contributed by atoms with van der Waals surface area (Å²) in [5.41, 5.74) is 6.41. The zero-order valence-electron chi connectivity index (χ0n) is 17.3. The van der Waals surface area contributed by atoms with Crippen molar-refractivity contribution in [3.63, 3.8) is 0 Å². The predicted molar refractivity (Wildman–Crippen MR) is 122 cm³/mol. The fraction of sp³-hybridized carbons (Fsp3) is 0.148. The minimum Gasteiger partial charge on any atom is -0.465 e. The number of rotatable bonds is 2. The van der Waals surface area contributed by atoms with Crippen molar-refractivity contribution in [2.45, 2.75) is 19.3 Å². The fourth-order valence-corrected chi connectivity index (χ4v) is 4.54. The smallest absolute Gasteiger partial charge is 0.337 e. The zero-order chi connectivity index (χ0) is 20.9. The molecule has 1 aliphatic heterocycles. The monoisotopic (exact) mass is 393 g/mol. The molecule has 0 radical (unpaired) electrons. The molecule has 0 atom stereocenters. The van der Waals surface area contributed by atoms with Crippen molar-refractivity contribution in [3.8, 4) is 0 Å². The lowest BCUT2D eigenvalue weighted by Crippen LogP contribution is -2.30. The van der Waals surface area contributed by atoms with E-state index in [0.717, 1.165) is 16.5 Å². The standard InChI is InChI=1S/C27H23NO2/c1-27(2)22-11-7-8-12-24(22)28(21-9-5-4-6-10-21)25-17-18-13-14-19(26(29)30-3)15-20(18)16-23(25)27/h4-17H,1-3H3. The lowest BCUT2D eigenvalue weighted by atomic mass is 9.73. The predicted octanol–water partition coefficient (Wildman–Crippen LogP) is 6.74. The highest BCUT2D eigenvalue weighted by Gasteiger charge is 2.36. The normalized spacial score (nSPS) is 14.2. The number of hydrogen-bond acceptors (Lipinski definition) is 3. The van der Waals surface area contributed by atoms with Crippen LogP contribution in [0.4, 0.5) is 17.1 Å².